The molecule has 2 aromatic carbocycles. The number of carbonyl (C=O) groups excluding carboxylic acids is 2. The van der Waals surface area contributed by atoms with Gasteiger partial charge < -0.3 is 24.4 Å². The van der Waals surface area contributed by atoms with E-state index in [1.807, 2.05) is 60.1 Å². The fraction of sp³-hybridized carbons (Fsp3) is 0.353. The van der Waals surface area contributed by atoms with Crippen LogP contribution in [0, 0.1) is 6.92 Å². The predicted molar refractivity (Wildman–Crippen MR) is 172 cm³/mol. The van der Waals surface area contributed by atoms with Crippen LogP contribution in [0.15, 0.2) is 71.6 Å². The number of hydrogen-bond acceptors (Lipinski definition) is 9. The number of carbonyl (C=O) groups is 2. The third-order valence-corrected chi connectivity index (χ3v) is 8.28. The SMILES string of the molecule is CCCCc1nc(C(=O)NCc2ccc(-c3ncnn4cc(N5CCN(C(=O)OCc6ccccc6)C[C@@H]5C)cc34)cc2C)no1. The van der Waals surface area contributed by atoms with Gasteiger partial charge in [0.15, 0.2) is 0 Å². The zero-order valence-electron chi connectivity index (χ0n) is 26.3. The molecule has 0 radical (unpaired) electrons. The fourth-order valence-electron chi connectivity index (χ4n) is 5.69. The van der Waals surface area contributed by atoms with Gasteiger partial charge in [0.25, 0.3) is 11.7 Å². The second-order valence-electron chi connectivity index (χ2n) is 11.6. The van der Waals surface area contributed by atoms with Crippen LogP contribution in [-0.4, -0.2) is 67.3 Å². The van der Waals surface area contributed by atoms with Crippen LogP contribution in [0.4, 0.5) is 10.5 Å². The van der Waals surface area contributed by atoms with Crippen molar-refractivity contribution in [1.82, 2.24) is 35.0 Å². The molecular weight excluding hydrogens is 584 g/mol. The Morgan fingerprint density at radius 1 is 1.11 bits per heavy atom. The molecule has 1 fully saturated rings. The van der Waals surface area contributed by atoms with E-state index in [2.05, 4.69) is 56.4 Å². The van der Waals surface area contributed by atoms with Gasteiger partial charge in [0.2, 0.25) is 5.89 Å². The van der Waals surface area contributed by atoms with E-state index in [9.17, 15) is 9.59 Å². The van der Waals surface area contributed by atoms with Gasteiger partial charge in [0.1, 0.15) is 12.9 Å². The lowest BCUT2D eigenvalue weighted by Gasteiger charge is -2.40. The van der Waals surface area contributed by atoms with Crippen LogP contribution in [0.1, 0.15) is 59.9 Å². The van der Waals surface area contributed by atoms with E-state index >= 15 is 0 Å². The highest BCUT2D eigenvalue weighted by Gasteiger charge is 2.29. The van der Waals surface area contributed by atoms with Gasteiger partial charge in [-0.3, -0.25) is 4.79 Å². The highest BCUT2D eigenvalue weighted by molar-refractivity contribution is 5.90. The first kappa shape index (κ1) is 30.8. The molecule has 0 unspecified atom stereocenters. The zero-order valence-corrected chi connectivity index (χ0v) is 26.3. The zero-order chi connectivity index (χ0) is 32.0. The molecule has 12 nitrogen and oxygen atoms in total. The number of nitrogens with zero attached hydrogens (tertiary/aromatic N) is 7. The Bertz CT molecular complexity index is 1820. The molecule has 2 amide bonds. The van der Waals surface area contributed by atoms with E-state index in [0.717, 1.165) is 52.0 Å². The normalized spacial score (nSPS) is 14.9. The van der Waals surface area contributed by atoms with Crippen LogP contribution in [0.5, 0.6) is 0 Å². The van der Waals surface area contributed by atoms with Crippen molar-refractivity contribution in [3.8, 4) is 11.3 Å². The standard InChI is InChI=1S/C34H38N8O4/c1-4-5-11-30-38-32(39-46-30)33(43)35-18-27-13-12-26(16-23(27)2)31-29-17-28(20-42(29)37-22-36-31)41-15-14-40(19-24(41)3)34(44)45-21-25-9-7-6-8-10-25/h6-10,12-13,16-17,20,22,24H,4-5,11,14-15,18-19,21H2,1-3H3,(H,35,43)/t24-/m0/s1. The van der Waals surface area contributed by atoms with Crippen molar-refractivity contribution in [2.75, 3.05) is 24.5 Å². The quantitative estimate of drug-likeness (QED) is 0.223. The summed E-state index contributed by atoms with van der Waals surface area (Å²) >= 11 is 0. The van der Waals surface area contributed by atoms with E-state index in [-0.39, 0.29) is 30.5 Å². The van der Waals surface area contributed by atoms with Crippen LogP contribution in [0.3, 0.4) is 0 Å². The molecule has 12 heteroatoms. The number of hydrogen-bond donors (Lipinski definition) is 1. The molecule has 1 saturated heterocycles. The highest BCUT2D eigenvalue weighted by atomic mass is 16.6. The molecular formula is C34H38N8O4. The molecule has 4 heterocycles. The molecule has 0 bridgehead atoms. The number of amides is 2. The minimum absolute atomic E-state index is 0.0477. The maximum Gasteiger partial charge on any atom is 0.410 e. The fourth-order valence-corrected chi connectivity index (χ4v) is 5.69. The number of piperazine rings is 1. The monoisotopic (exact) mass is 622 g/mol. The maximum atomic E-state index is 12.8. The van der Waals surface area contributed by atoms with Gasteiger partial charge >= 0.3 is 6.09 Å². The second-order valence-corrected chi connectivity index (χ2v) is 11.6. The minimum atomic E-state index is -0.368. The lowest BCUT2D eigenvalue weighted by atomic mass is 10.0. The lowest BCUT2D eigenvalue weighted by molar-refractivity contribution is 0.0897. The van der Waals surface area contributed by atoms with Gasteiger partial charge in [-0.15, -0.1) is 0 Å². The minimum Gasteiger partial charge on any atom is -0.445 e. The number of unbranched alkanes of at least 4 members (excludes halogenated alkanes) is 1. The highest BCUT2D eigenvalue weighted by Crippen LogP contribution is 2.30. The molecule has 3 aromatic heterocycles. The molecule has 5 aromatic rings. The Labute approximate surface area is 267 Å². The molecule has 1 atom stereocenters. The van der Waals surface area contributed by atoms with Gasteiger partial charge in [-0.1, -0.05) is 61.0 Å². The molecule has 0 spiro atoms. The van der Waals surface area contributed by atoms with Crippen molar-refractivity contribution in [2.24, 2.45) is 0 Å². The third-order valence-electron chi connectivity index (χ3n) is 8.28. The maximum absolute atomic E-state index is 12.8. The number of fused-ring (bicyclic) bond motifs is 1. The van der Waals surface area contributed by atoms with E-state index < -0.39 is 0 Å². The van der Waals surface area contributed by atoms with Crippen molar-refractivity contribution in [2.45, 2.75) is 59.2 Å². The van der Waals surface area contributed by atoms with E-state index in [4.69, 9.17) is 9.26 Å². The molecule has 46 heavy (non-hydrogen) atoms. The van der Waals surface area contributed by atoms with Gasteiger partial charge in [-0.2, -0.15) is 10.1 Å². The van der Waals surface area contributed by atoms with Gasteiger partial charge in [-0.25, -0.2) is 14.3 Å². The van der Waals surface area contributed by atoms with Crippen molar-refractivity contribution < 1.29 is 18.8 Å². The number of nitrogens with one attached hydrogen (secondary N) is 1. The summed E-state index contributed by atoms with van der Waals surface area (Å²) in [6, 6.07) is 17.9. The van der Waals surface area contributed by atoms with Gasteiger partial charge in [-0.05, 0) is 49.1 Å². The summed E-state index contributed by atoms with van der Waals surface area (Å²) in [7, 11) is 0. The predicted octanol–water partition coefficient (Wildman–Crippen LogP) is 5.21. The number of ether oxygens (including phenoxy) is 1. The molecule has 1 N–H and O–H groups in total. The number of aromatic nitrogens is 5. The summed E-state index contributed by atoms with van der Waals surface area (Å²) in [4.78, 5) is 38.2. The van der Waals surface area contributed by atoms with E-state index in [1.165, 1.54) is 0 Å². The second kappa shape index (κ2) is 13.8. The molecule has 1 aliphatic rings. The van der Waals surface area contributed by atoms with Gasteiger partial charge in [0.05, 0.1) is 23.1 Å². The Morgan fingerprint density at radius 3 is 2.74 bits per heavy atom. The molecule has 0 saturated carbocycles. The Kier molecular flexibility index (Phi) is 9.23. The third kappa shape index (κ3) is 6.85. The molecule has 0 aliphatic carbocycles. The number of benzene rings is 2. The van der Waals surface area contributed by atoms with Crippen LogP contribution in [0.25, 0.3) is 16.8 Å². The number of rotatable bonds is 10. The van der Waals surface area contributed by atoms with Crippen LogP contribution in [0.2, 0.25) is 0 Å². The van der Waals surface area contributed by atoms with Crippen molar-refractivity contribution in [3.05, 3.63) is 95.5 Å². The first-order chi connectivity index (χ1) is 22.4. The summed E-state index contributed by atoms with van der Waals surface area (Å²) in [5.41, 5.74) is 6.61. The van der Waals surface area contributed by atoms with Crippen LogP contribution >= 0.6 is 0 Å². The lowest BCUT2D eigenvalue weighted by Crippen LogP contribution is -2.53. The number of anilines is 1. The molecule has 238 valence electrons. The van der Waals surface area contributed by atoms with Crippen LogP contribution in [-0.2, 0) is 24.3 Å². The number of aryl methyl sites for hydroxylation is 2. The largest absolute Gasteiger partial charge is 0.445 e. The average molecular weight is 623 g/mol. The summed E-state index contributed by atoms with van der Waals surface area (Å²) < 4.78 is 12.6. The Morgan fingerprint density at radius 2 is 1.96 bits per heavy atom. The average Bonchev–Trinajstić information content (AvgIpc) is 3.73. The first-order valence-corrected chi connectivity index (χ1v) is 15.7. The summed E-state index contributed by atoms with van der Waals surface area (Å²) in [6.07, 6.45) is 5.87. The molecule has 6 rings (SSSR count). The Balaban J connectivity index is 1.10. The molecule has 1 aliphatic heterocycles. The van der Waals surface area contributed by atoms with Gasteiger partial charge in [0, 0.05) is 44.2 Å². The smallest absolute Gasteiger partial charge is 0.410 e. The summed E-state index contributed by atoms with van der Waals surface area (Å²) in [6.45, 7) is 8.59. The van der Waals surface area contributed by atoms with Crippen molar-refractivity contribution >= 4 is 23.2 Å². The first-order valence-electron chi connectivity index (χ1n) is 15.7. The van der Waals surface area contributed by atoms with Crippen molar-refractivity contribution in [1.29, 1.82) is 0 Å². The van der Waals surface area contributed by atoms with Crippen molar-refractivity contribution in [3.63, 3.8) is 0 Å². The van der Waals surface area contributed by atoms with Crippen LogP contribution < -0.4 is 10.2 Å². The summed E-state index contributed by atoms with van der Waals surface area (Å²) in [5.74, 6) is 0.159. The van der Waals surface area contributed by atoms with E-state index in [1.54, 1.807) is 11.2 Å². The van der Waals surface area contributed by atoms with E-state index in [0.29, 0.717) is 38.5 Å². The topological polar surface area (TPSA) is 131 Å². The summed E-state index contributed by atoms with van der Waals surface area (Å²) in [5, 5.41) is 11.2. The Hall–Kier alpha value is -5.26.